The minimum absolute atomic E-state index is 0.124. The summed E-state index contributed by atoms with van der Waals surface area (Å²) >= 11 is 0. The molecule has 0 bridgehead atoms. The number of benzene rings is 2. The summed E-state index contributed by atoms with van der Waals surface area (Å²) in [6.45, 7) is 2.02. The highest BCUT2D eigenvalue weighted by molar-refractivity contribution is 7.89. The van der Waals surface area contributed by atoms with Gasteiger partial charge in [0.25, 0.3) is 0 Å². The van der Waals surface area contributed by atoms with Crippen molar-refractivity contribution in [2.24, 2.45) is 17.0 Å². The molecule has 26 heavy (non-hydrogen) atoms. The van der Waals surface area contributed by atoms with Gasteiger partial charge in [-0.05, 0) is 47.6 Å². The summed E-state index contributed by atoms with van der Waals surface area (Å²) in [6, 6.07) is 12.3. The summed E-state index contributed by atoms with van der Waals surface area (Å²) in [5.74, 6) is -0.384. The van der Waals surface area contributed by atoms with E-state index in [0.29, 0.717) is 5.92 Å². The van der Waals surface area contributed by atoms with Crippen molar-refractivity contribution in [1.29, 1.82) is 0 Å². The maximum absolute atomic E-state index is 12.6. The Hall–Kier alpha value is -2.06. The second-order valence-electron chi connectivity index (χ2n) is 6.56. The molecule has 0 unspecified atom stereocenters. The van der Waals surface area contributed by atoms with Gasteiger partial charge in [0.15, 0.2) is 0 Å². The van der Waals surface area contributed by atoms with Crippen molar-refractivity contribution in [3.63, 3.8) is 0 Å². The predicted molar refractivity (Wildman–Crippen MR) is 90.1 cm³/mol. The summed E-state index contributed by atoms with van der Waals surface area (Å²) in [4.78, 5) is -0.181. The van der Waals surface area contributed by atoms with Crippen LogP contribution in [0.3, 0.4) is 0 Å². The van der Waals surface area contributed by atoms with E-state index in [1.54, 1.807) is 0 Å². The van der Waals surface area contributed by atoms with Crippen LogP contribution in [0.2, 0.25) is 0 Å². The third-order valence-electron chi connectivity index (χ3n) is 4.61. The van der Waals surface area contributed by atoms with Crippen LogP contribution in [0.4, 0.5) is 13.2 Å². The largest absolute Gasteiger partial charge is 0.573 e. The molecule has 0 heterocycles. The summed E-state index contributed by atoms with van der Waals surface area (Å²) in [6.07, 6.45) is -4.01. The highest BCUT2D eigenvalue weighted by Crippen LogP contribution is 2.52. The SMILES string of the molecule is C[C@H]1C[C@H]1[C@H](c1ccccc1)c1cc(OC(F)(F)F)ccc1S(N)(=O)=O. The highest BCUT2D eigenvalue weighted by Gasteiger charge is 2.43. The summed E-state index contributed by atoms with van der Waals surface area (Å²) < 4.78 is 65.8. The first-order valence-electron chi connectivity index (χ1n) is 8.03. The molecule has 2 aromatic carbocycles. The normalized spacial score (nSPS) is 21.3. The Bertz CT molecular complexity index is 898. The van der Waals surface area contributed by atoms with Crippen molar-refractivity contribution in [1.82, 2.24) is 0 Å². The van der Waals surface area contributed by atoms with Gasteiger partial charge in [-0.3, -0.25) is 0 Å². The van der Waals surface area contributed by atoms with Gasteiger partial charge in [-0.15, -0.1) is 13.2 Å². The molecule has 0 aromatic heterocycles. The van der Waals surface area contributed by atoms with Gasteiger partial charge in [0.1, 0.15) is 5.75 Å². The molecule has 2 aromatic rings. The number of ether oxygens (including phenoxy) is 1. The van der Waals surface area contributed by atoms with Gasteiger partial charge in [-0.2, -0.15) is 0 Å². The molecule has 0 aliphatic heterocycles. The van der Waals surface area contributed by atoms with Crippen molar-refractivity contribution >= 4 is 10.0 Å². The summed E-state index contributed by atoms with van der Waals surface area (Å²) in [5, 5.41) is 5.32. The number of hydrogen-bond acceptors (Lipinski definition) is 3. The zero-order valence-electron chi connectivity index (χ0n) is 13.9. The van der Waals surface area contributed by atoms with Gasteiger partial charge >= 0.3 is 6.36 Å². The van der Waals surface area contributed by atoms with Crippen LogP contribution >= 0.6 is 0 Å². The average Bonchev–Trinajstić information content (AvgIpc) is 3.22. The lowest BCUT2D eigenvalue weighted by molar-refractivity contribution is -0.274. The molecule has 0 amide bonds. The third kappa shape index (κ3) is 4.19. The first-order valence-corrected chi connectivity index (χ1v) is 9.58. The molecule has 1 aliphatic rings. The second kappa shape index (κ2) is 6.59. The fraction of sp³-hybridized carbons (Fsp3) is 0.333. The Kier molecular flexibility index (Phi) is 4.74. The Labute approximate surface area is 149 Å². The van der Waals surface area contributed by atoms with E-state index in [2.05, 4.69) is 4.74 Å². The van der Waals surface area contributed by atoms with E-state index < -0.39 is 22.1 Å². The zero-order chi connectivity index (χ0) is 19.1. The number of rotatable bonds is 5. The molecule has 0 radical (unpaired) electrons. The first kappa shape index (κ1) is 18.7. The van der Waals surface area contributed by atoms with E-state index in [0.717, 1.165) is 30.2 Å². The van der Waals surface area contributed by atoms with E-state index in [1.807, 2.05) is 37.3 Å². The maximum atomic E-state index is 12.6. The number of primary sulfonamides is 1. The lowest BCUT2D eigenvalue weighted by atomic mass is 9.86. The molecule has 3 atom stereocenters. The predicted octanol–water partition coefficient (Wildman–Crippen LogP) is 4.02. The molecule has 1 aliphatic carbocycles. The summed E-state index contributed by atoms with van der Waals surface area (Å²) in [7, 11) is -4.11. The van der Waals surface area contributed by atoms with Crippen LogP contribution < -0.4 is 9.88 Å². The van der Waals surface area contributed by atoms with E-state index in [9.17, 15) is 21.6 Å². The topological polar surface area (TPSA) is 69.4 Å². The number of alkyl halides is 3. The van der Waals surface area contributed by atoms with E-state index in [1.165, 1.54) is 0 Å². The fourth-order valence-corrected chi connectivity index (χ4v) is 4.13. The van der Waals surface area contributed by atoms with Crippen LogP contribution in [0.1, 0.15) is 30.4 Å². The molecule has 8 heteroatoms. The first-order chi connectivity index (χ1) is 12.1. The molecule has 1 fully saturated rings. The van der Waals surface area contributed by atoms with Crippen LogP contribution in [0.5, 0.6) is 5.75 Å². The van der Waals surface area contributed by atoms with Crippen molar-refractivity contribution < 1.29 is 26.3 Å². The standard InChI is InChI=1S/C18H18F3NO3S/c1-11-9-14(11)17(12-5-3-2-4-6-12)15-10-13(25-18(19,20)21)7-8-16(15)26(22,23)24/h2-8,10-11,14,17H,9H2,1H3,(H2,22,23,24)/t11-,14+,17-/m0/s1. The minimum atomic E-state index is -4.87. The second-order valence-corrected chi connectivity index (χ2v) is 8.09. The number of sulfonamides is 1. The average molecular weight is 385 g/mol. The van der Waals surface area contributed by atoms with Gasteiger partial charge in [-0.1, -0.05) is 37.3 Å². The maximum Gasteiger partial charge on any atom is 0.573 e. The van der Waals surface area contributed by atoms with Crippen LogP contribution in [0.15, 0.2) is 53.4 Å². The molecular formula is C18H18F3NO3S. The van der Waals surface area contributed by atoms with E-state index >= 15 is 0 Å². The molecule has 4 nitrogen and oxygen atoms in total. The molecular weight excluding hydrogens is 367 g/mol. The van der Waals surface area contributed by atoms with Gasteiger partial charge in [0.2, 0.25) is 10.0 Å². The van der Waals surface area contributed by atoms with Gasteiger partial charge in [0.05, 0.1) is 4.90 Å². The van der Waals surface area contributed by atoms with E-state index in [-0.39, 0.29) is 22.3 Å². The minimum Gasteiger partial charge on any atom is -0.406 e. The van der Waals surface area contributed by atoms with Gasteiger partial charge in [0, 0.05) is 5.92 Å². The molecule has 0 saturated heterocycles. The van der Waals surface area contributed by atoms with Crippen LogP contribution in [-0.2, 0) is 10.0 Å². The Balaban J connectivity index is 2.16. The van der Waals surface area contributed by atoms with Crippen molar-refractivity contribution in [2.45, 2.75) is 30.5 Å². The van der Waals surface area contributed by atoms with Crippen molar-refractivity contribution in [2.75, 3.05) is 0 Å². The monoisotopic (exact) mass is 385 g/mol. The quantitative estimate of drug-likeness (QED) is 0.845. The molecule has 3 rings (SSSR count). The number of hydrogen-bond donors (Lipinski definition) is 1. The van der Waals surface area contributed by atoms with Crippen molar-refractivity contribution in [3.8, 4) is 5.75 Å². The molecule has 2 N–H and O–H groups in total. The lowest BCUT2D eigenvalue weighted by Gasteiger charge is -2.22. The molecule has 0 spiro atoms. The molecule has 1 saturated carbocycles. The van der Waals surface area contributed by atoms with Crippen LogP contribution in [0, 0.1) is 11.8 Å². The van der Waals surface area contributed by atoms with Crippen LogP contribution in [0.25, 0.3) is 0 Å². The Morgan fingerprint density at radius 1 is 1.15 bits per heavy atom. The number of nitrogens with two attached hydrogens (primary N) is 1. The lowest BCUT2D eigenvalue weighted by Crippen LogP contribution is -2.20. The van der Waals surface area contributed by atoms with Crippen LogP contribution in [-0.4, -0.2) is 14.8 Å². The van der Waals surface area contributed by atoms with Crippen molar-refractivity contribution in [3.05, 3.63) is 59.7 Å². The Morgan fingerprint density at radius 2 is 1.77 bits per heavy atom. The zero-order valence-corrected chi connectivity index (χ0v) is 14.7. The van der Waals surface area contributed by atoms with Gasteiger partial charge < -0.3 is 4.74 Å². The van der Waals surface area contributed by atoms with E-state index in [4.69, 9.17) is 5.14 Å². The molecule has 140 valence electrons. The van der Waals surface area contributed by atoms with Gasteiger partial charge in [-0.25, -0.2) is 13.6 Å². The summed E-state index contributed by atoms with van der Waals surface area (Å²) in [5.41, 5.74) is 1.06. The fourth-order valence-electron chi connectivity index (χ4n) is 3.36. The Morgan fingerprint density at radius 3 is 2.27 bits per heavy atom. The smallest absolute Gasteiger partial charge is 0.406 e. The number of halogens is 3. The highest BCUT2D eigenvalue weighted by atomic mass is 32.2. The third-order valence-corrected chi connectivity index (χ3v) is 5.60.